The molecule has 1 aromatic carbocycles. The number of hydrogen-bond acceptors (Lipinski definition) is 7. The first kappa shape index (κ1) is 21.7. The molecule has 3 heterocycles. The van der Waals surface area contributed by atoms with Crippen LogP contribution in [0.2, 0.25) is 0 Å². The number of esters is 1. The molecule has 1 aliphatic carbocycles. The summed E-state index contributed by atoms with van der Waals surface area (Å²) in [5, 5.41) is 5.63. The van der Waals surface area contributed by atoms with Crippen molar-refractivity contribution < 1.29 is 19.1 Å². The van der Waals surface area contributed by atoms with Gasteiger partial charge in [-0.1, -0.05) is 30.4 Å². The molecular formula is C25H27N3O4S. The Morgan fingerprint density at radius 3 is 2.88 bits per heavy atom. The van der Waals surface area contributed by atoms with Gasteiger partial charge in [0.15, 0.2) is 0 Å². The molecule has 1 aromatic rings. The number of anilines is 2. The minimum atomic E-state index is -0.552. The van der Waals surface area contributed by atoms with E-state index >= 15 is 0 Å². The van der Waals surface area contributed by atoms with Crippen LogP contribution in [-0.2, 0) is 14.3 Å². The normalized spacial score (nSPS) is 22.7. The Balaban J connectivity index is 1.34. The van der Waals surface area contributed by atoms with Crippen LogP contribution < -0.4 is 20.5 Å². The SMILES string of the molecule is CC(C)(C)OC(=O)N1CCC(OC(=O)C2=CC3=c4ccc5c(c4NSC3C=C2)NC=CC=5)C1. The fourth-order valence-electron chi connectivity index (χ4n) is 4.25. The highest BCUT2D eigenvalue weighted by molar-refractivity contribution is 8.01. The van der Waals surface area contributed by atoms with E-state index in [1.807, 2.05) is 51.3 Å². The zero-order chi connectivity index (χ0) is 23.2. The van der Waals surface area contributed by atoms with Gasteiger partial charge in [-0.25, -0.2) is 9.59 Å². The second-order valence-electron chi connectivity index (χ2n) is 9.42. The lowest BCUT2D eigenvalue weighted by Gasteiger charge is -2.27. The average Bonchev–Trinajstić information content (AvgIpc) is 3.26. The minimum Gasteiger partial charge on any atom is -0.457 e. The second-order valence-corrected chi connectivity index (χ2v) is 10.4. The number of benzene rings is 1. The summed E-state index contributed by atoms with van der Waals surface area (Å²) in [6, 6.07) is 4.18. The Morgan fingerprint density at radius 2 is 2.06 bits per heavy atom. The van der Waals surface area contributed by atoms with Gasteiger partial charge in [-0.15, -0.1) is 0 Å². The van der Waals surface area contributed by atoms with Gasteiger partial charge < -0.3 is 24.4 Å². The predicted octanol–water partition coefficient (Wildman–Crippen LogP) is 3.05. The van der Waals surface area contributed by atoms with Crippen LogP contribution in [0.25, 0.3) is 11.6 Å². The molecule has 8 heteroatoms. The third-order valence-electron chi connectivity index (χ3n) is 5.81. The highest BCUT2D eigenvalue weighted by Gasteiger charge is 2.33. The van der Waals surface area contributed by atoms with Crippen molar-refractivity contribution >= 4 is 47.0 Å². The van der Waals surface area contributed by atoms with Crippen molar-refractivity contribution in [2.24, 2.45) is 0 Å². The molecule has 3 aliphatic heterocycles. The second kappa shape index (κ2) is 8.33. The number of carbonyl (C=O) groups excluding carboxylic acids is 2. The first-order chi connectivity index (χ1) is 15.8. The summed E-state index contributed by atoms with van der Waals surface area (Å²) in [4.78, 5) is 26.8. The number of ether oxygens (including phenoxy) is 2. The number of nitrogens with one attached hydrogen (secondary N) is 2. The Kier molecular flexibility index (Phi) is 5.48. The maximum Gasteiger partial charge on any atom is 0.410 e. The molecule has 2 N–H and O–H groups in total. The summed E-state index contributed by atoms with van der Waals surface area (Å²) in [5.41, 5.74) is 3.09. The van der Waals surface area contributed by atoms with E-state index in [9.17, 15) is 9.59 Å². The summed E-state index contributed by atoms with van der Waals surface area (Å²) < 4.78 is 14.6. The number of likely N-dealkylation sites (tertiary alicyclic amines) is 1. The van der Waals surface area contributed by atoms with Gasteiger partial charge in [-0.05, 0) is 50.4 Å². The average molecular weight is 466 g/mol. The standard InChI is InChI=1S/C25H27N3O4S/c1-25(2,3)32-24(30)28-12-10-17(14-28)31-23(29)16-7-9-20-19(13-16)18-8-6-15-5-4-11-26-21(15)22(18)27-33-20/h4-9,11,13,17,20,26-27H,10,12,14H2,1-3H3. The number of rotatable bonds is 2. The van der Waals surface area contributed by atoms with Crippen LogP contribution >= 0.6 is 11.9 Å². The van der Waals surface area contributed by atoms with Crippen molar-refractivity contribution in [1.82, 2.24) is 4.90 Å². The highest BCUT2D eigenvalue weighted by atomic mass is 32.2. The van der Waals surface area contributed by atoms with Crippen LogP contribution in [0.4, 0.5) is 16.2 Å². The van der Waals surface area contributed by atoms with Crippen molar-refractivity contribution in [3.63, 3.8) is 0 Å². The van der Waals surface area contributed by atoms with Crippen LogP contribution in [0.3, 0.4) is 0 Å². The summed E-state index contributed by atoms with van der Waals surface area (Å²) in [6.45, 7) is 6.37. The molecule has 33 heavy (non-hydrogen) atoms. The molecule has 0 bridgehead atoms. The summed E-state index contributed by atoms with van der Waals surface area (Å²) in [5.74, 6) is -0.370. The number of fused-ring (bicyclic) bond motifs is 4. The third-order valence-corrected chi connectivity index (χ3v) is 6.80. The first-order valence-corrected chi connectivity index (χ1v) is 12.0. The maximum atomic E-state index is 12.9. The van der Waals surface area contributed by atoms with Gasteiger partial charge in [0.05, 0.1) is 28.7 Å². The van der Waals surface area contributed by atoms with E-state index < -0.39 is 5.60 Å². The largest absolute Gasteiger partial charge is 0.457 e. The lowest BCUT2D eigenvalue weighted by atomic mass is 9.97. The fraction of sp³-hybridized carbons (Fsp3) is 0.360. The van der Waals surface area contributed by atoms with Crippen molar-refractivity contribution in [2.75, 3.05) is 23.1 Å². The smallest absolute Gasteiger partial charge is 0.410 e. The molecule has 4 aliphatic rings. The molecular weight excluding hydrogens is 438 g/mol. The van der Waals surface area contributed by atoms with Crippen molar-refractivity contribution in [3.8, 4) is 0 Å². The Hall–Kier alpha value is -3.13. The predicted molar refractivity (Wildman–Crippen MR) is 131 cm³/mol. The monoisotopic (exact) mass is 465 g/mol. The third kappa shape index (κ3) is 4.39. The summed E-state index contributed by atoms with van der Waals surface area (Å²) >= 11 is 1.61. The van der Waals surface area contributed by atoms with Gasteiger partial charge in [0.1, 0.15) is 11.7 Å². The lowest BCUT2D eigenvalue weighted by molar-refractivity contribution is -0.143. The molecule has 1 saturated heterocycles. The van der Waals surface area contributed by atoms with Crippen molar-refractivity contribution in [2.45, 2.75) is 44.1 Å². The van der Waals surface area contributed by atoms with Gasteiger partial charge >= 0.3 is 12.1 Å². The Morgan fingerprint density at radius 1 is 1.21 bits per heavy atom. The minimum absolute atomic E-state index is 0.115. The molecule has 0 radical (unpaired) electrons. The molecule has 7 nitrogen and oxygen atoms in total. The number of nitrogens with zero attached hydrogens (tertiary/aromatic N) is 1. The van der Waals surface area contributed by atoms with E-state index in [0.29, 0.717) is 25.1 Å². The number of carbonyl (C=O) groups is 2. The number of allylic oxidation sites excluding steroid dienone is 2. The quantitative estimate of drug-likeness (QED) is 0.513. The van der Waals surface area contributed by atoms with Crippen LogP contribution in [0, 0.1) is 0 Å². The van der Waals surface area contributed by atoms with E-state index in [-0.39, 0.29) is 23.4 Å². The van der Waals surface area contributed by atoms with E-state index in [1.165, 1.54) is 0 Å². The van der Waals surface area contributed by atoms with Gasteiger partial charge in [-0.2, -0.15) is 0 Å². The van der Waals surface area contributed by atoms with Gasteiger partial charge in [0.25, 0.3) is 0 Å². The fourth-order valence-corrected chi connectivity index (χ4v) is 5.19. The van der Waals surface area contributed by atoms with E-state index in [1.54, 1.807) is 16.8 Å². The molecule has 0 aromatic heterocycles. The summed E-state index contributed by atoms with van der Waals surface area (Å²) in [6.07, 6.45) is 11.6. The van der Waals surface area contributed by atoms with Crippen LogP contribution in [0.15, 0.2) is 48.2 Å². The molecule has 1 fully saturated rings. The van der Waals surface area contributed by atoms with Gasteiger partial charge in [-0.3, -0.25) is 0 Å². The molecule has 0 spiro atoms. The van der Waals surface area contributed by atoms with Crippen LogP contribution in [0.1, 0.15) is 27.2 Å². The Bertz CT molecular complexity index is 1230. The molecule has 5 rings (SSSR count). The number of amides is 1. The van der Waals surface area contributed by atoms with Crippen LogP contribution in [-0.4, -0.2) is 47.0 Å². The zero-order valence-electron chi connectivity index (χ0n) is 18.9. The van der Waals surface area contributed by atoms with Crippen molar-refractivity contribution in [1.29, 1.82) is 0 Å². The molecule has 172 valence electrons. The lowest BCUT2D eigenvalue weighted by Crippen LogP contribution is -2.36. The van der Waals surface area contributed by atoms with E-state index in [2.05, 4.69) is 28.2 Å². The molecule has 1 amide bonds. The Labute approximate surface area is 197 Å². The van der Waals surface area contributed by atoms with Crippen molar-refractivity contribution in [3.05, 3.63) is 58.6 Å². The molecule has 0 saturated carbocycles. The van der Waals surface area contributed by atoms with E-state index in [0.717, 1.165) is 27.4 Å². The molecule has 2 atom stereocenters. The van der Waals surface area contributed by atoms with E-state index in [4.69, 9.17) is 9.47 Å². The van der Waals surface area contributed by atoms with Crippen LogP contribution in [0.5, 0.6) is 0 Å². The summed E-state index contributed by atoms with van der Waals surface area (Å²) in [7, 11) is 0. The highest BCUT2D eigenvalue weighted by Crippen LogP contribution is 2.34. The number of hydrogen-bond donors (Lipinski definition) is 2. The van der Waals surface area contributed by atoms with Gasteiger partial charge in [0.2, 0.25) is 0 Å². The first-order valence-electron chi connectivity index (χ1n) is 11.1. The zero-order valence-corrected chi connectivity index (χ0v) is 19.7. The maximum absolute atomic E-state index is 12.9. The van der Waals surface area contributed by atoms with Gasteiger partial charge in [0, 0.05) is 29.6 Å². The topological polar surface area (TPSA) is 79.9 Å². The molecule has 2 unspecified atom stereocenters.